The summed E-state index contributed by atoms with van der Waals surface area (Å²) in [6.07, 6.45) is -1.05. The summed E-state index contributed by atoms with van der Waals surface area (Å²) in [5, 5.41) is 0. The number of hydrogen-bond donors (Lipinski definition) is 0. The average Bonchev–Trinajstić information content (AvgIpc) is 2.83. The molecule has 0 heterocycles. The Kier molecular flexibility index (Phi) is 19.5. The molecule has 0 aromatic carbocycles. The second kappa shape index (κ2) is 20.0. The Labute approximate surface area is 262 Å². The van der Waals surface area contributed by atoms with Gasteiger partial charge in [0.25, 0.3) is 0 Å². The molecule has 2 amide bonds. The molecule has 0 bridgehead atoms. The zero-order valence-corrected chi connectivity index (χ0v) is 29.2. The normalized spacial score (nSPS) is 12.7. The zero-order valence-electron chi connectivity index (χ0n) is 31.2. The summed E-state index contributed by atoms with van der Waals surface area (Å²) < 4.78 is 27.1. The third-order valence-electron chi connectivity index (χ3n) is 4.98. The van der Waals surface area contributed by atoms with E-state index >= 15 is 0 Å². The number of ketones is 4. The highest BCUT2D eigenvalue weighted by Gasteiger charge is 2.38. The van der Waals surface area contributed by atoms with Crippen LogP contribution in [0.15, 0.2) is 0 Å². The quantitative estimate of drug-likeness (QED) is 0.173. The van der Waals surface area contributed by atoms with E-state index in [2.05, 4.69) is 0 Å². The second-order valence-corrected chi connectivity index (χ2v) is 13.0. The maximum absolute atomic E-state index is 12.4. The number of imide groups is 1. The van der Waals surface area contributed by atoms with Crippen LogP contribution in [0.3, 0.4) is 0 Å². The number of carbonyl (C=O) groups excluding carboxylic acids is 7. The van der Waals surface area contributed by atoms with Crippen molar-refractivity contribution in [3.8, 4) is 0 Å². The highest BCUT2D eigenvalue weighted by Crippen LogP contribution is 2.20. The van der Waals surface area contributed by atoms with Gasteiger partial charge in [-0.05, 0) is 103 Å². The van der Waals surface area contributed by atoms with Crippen molar-refractivity contribution in [3.05, 3.63) is 0 Å². The summed E-state index contributed by atoms with van der Waals surface area (Å²) in [5.41, 5.74) is -2.24. The Morgan fingerprint density at radius 2 is 0.953 bits per heavy atom. The largest absolute Gasteiger partial charge is 0.460 e. The molecule has 0 aromatic heterocycles. The van der Waals surface area contributed by atoms with Crippen molar-refractivity contribution in [2.24, 2.45) is 5.92 Å². The lowest BCUT2D eigenvalue weighted by Crippen LogP contribution is -2.51. The first-order chi connectivity index (χ1) is 20.3. The Morgan fingerprint density at radius 1 is 0.605 bits per heavy atom. The van der Waals surface area contributed by atoms with Gasteiger partial charge in [-0.3, -0.25) is 14.4 Å². The van der Waals surface area contributed by atoms with E-state index in [0.29, 0.717) is 17.7 Å². The number of esters is 1. The van der Waals surface area contributed by atoms with Gasteiger partial charge < -0.3 is 23.8 Å². The lowest BCUT2D eigenvalue weighted by molar-refractivity contribution is -0.157. The molecular weight excluding hydrogens is 558 g/mol. The molecule has 43 heavy (non-hydrogen) atoms. The van der Waals surface area contributed by atoms with Gasteiger partial charge in [0, 0.05) is 21.5 Å². The number of nitrogens with zero attached hydrogens (tertiary/aromatic N) is 1. The highest BCUT2D eigenvalue weighted by molar-refractivity contribution is 5.96. The lowest BCUT2D eigenvalue weighted by Gasteiger charge is -2.32. The molecule has 0 saturated heterocycles. The number of hydrogen-bond acceptors (Lipinski definition) is 10. The minimum atomic E-state index is -1.11. The number of Topliss-reactive ketones (excluding diaryl/α,β-unsaturated/α-hetero) is 4. The number of amides is 2. The summed E-state index contributed by atoms with van der Waals surface area (Å²) in [6, 6.07) is -1.11. The Balaban J connectivity index is -0.000000351. The summed E-state index contributed by atoms with van der Waals surface area (Å²) >= 11 is 0. The molecule has 0 saturated carbocycles. The molecule has 11 nitrogen and oxygen atoms in total. The van der Waals surface area contributed by atoms with Crippen LogP contribution >= 0.6 is 0 Å². The van der Waals surface area contributed by atoms with E-state index in [-0.39, 0.29) is 42.6 Å². The van der Waals surface area contributed by atoms with Crippen LogP contribution in [0.4, 0.5) is 9.59 Å². The Bertz CT molecular complexity index is 932. The van der Waals surface area contributed by atoms with E-state index in [4.69, 9.17) is 17.0 Å². The van der Waals surface area contributed by atoms with Crippen molar-refractivity contribution in [1.82, 2.24) is 4.90 Å². The van der Waals surface area contributed by atoms with Gasteiger partial charge in [0.05, 0.1) is 6.42 Å². The van der Waals surface area contributed by atoms with Crippen LogP contribution in [0.25, 0.3) is 0 Å². The van der Waals surface area contributed by atoms with Gasteiger partial charge in [0.1, 0.15) is 40.2 Å². The number of carbonyl (C=O) groups is 7. The Hall–Kier alpha value is -3.11. The van der Waals surface area contributed by atoms with E-state index in [1.807, 2.05) is 0 Å². The van der Waals surface area contributed by atoms with Gasteiger partial charge in [0.15, 0.2) is 5.78 Å². The Morgan fingerprint density at radius 3 is 1.23 bits per heavy atom. The van der Waals surface area contributed by atoms with Gasteiger partial charge in [-0.25, -0.2) is 14.5 Å². The number of rotatable bonds is 11. The van der Waals surface area contributed by atoms with Crippen molar-refractivity contribution < 1.29 is 50.5 Å². The van der Waals surface area contributed by atoms with Gasteiger partial charge >= 0.3 is 18.2 Å². The first kappa shape index (κ1) is 42.0. The maximum atomic E-state index is 12.4. The summed E-state index contributed by atoms with van der Waals surface area (Å²) in [5.74, 6) is -1.41. The first-order valence-electron chi connectivity index (χ1n) is 15.7. The van der Waals surface area contributed by atoms with Crippen LogP contribution in [-0.2, 0) is 38.2 Å². The van der Waals surface area contributed by atoms with Crippen LogP contribution < -0.4 is 0 Å². The van der Waals surface area contributed by atoms with Crippen molar-refractivity contribution in [2.45, 2.75) is 160 Å². The molecule has 0 aromatic rings. The molecule has 0 aliphatic rings. The average molecular weight is 622 g/mol. The fourth-order valence-electron chi connectivity index (χ4n) is 3.22. The molecule has 0 spiro atoms. The van der Waals surface area contributed by atoms with Crippen molar-refractivity contribution in [3.63, 3.8) is 0 Å². The van der Waals surface area contributed by atoms with Gasteiger partial charge in [-0.2, -0.15) is 0 Å². The lowest BCUT2D eigenvalue weighted by atomic mass is 9.94. The smallest absolute Gasteiger partial charge is 0.420 e. The van der Waals surface area contributed by atoms with Crippen molar-refractivity contribution >= 4 is 41.3 Å². The monoisotopic (exact) mass is 621 g/mol. The minimum Gasteiger partial charge on any atom is -0.460 e. The molecule has 0 aliphatic heterocycles. The molecule has 0 aliphatic carbocycles. The van der Waals surface area contributed by atoms with Crippen LogP contribution in [-0.4, -0.2) is 69.0 Å². The SMILES string of the molecule is CC(=O)CC[C@@H](C(C)=O)N(C(=O)OC(C)(C)C)C(=O)OC(C)(C)C.CC(=O)CC[C@H](CC(=O)OC(C)(C)C)C(C)=O.[3H]C.[3H]C. The number of ether oxygens (including phenoxy) is 3. The molecular formula is C32H59NO10. The van der Waals surface area contributed by atoms with E-state index < -0.39 is 46.7 Å². The van der Waals surface area contributed by atoms with Crippen molar-refractivity contribution in [1.29, 1.82) is 0 Å². The summed E-state index contributed by atoms with van der Waals surface area (Å²) in [6.45, 7) is 20.8. The van der Waals surface area contributed by atoms with Crippen LogP contribution in [0.1, 0.15) is 140 Å². The molecule has 0 unspecified atom stereocenters. The summed E-state index contributed by atoms with van der Waals surface area (Å²) in [4.78, 5) is 82.5. The fourth-order valence-corrected chi connectivity index (χ4v) is 3.22. The molecule has 11 heteroatoms. The van der Waals surface area contributed by atoms with E-state index in [9.17, 15) is 33.6 Å². The molecule has 0 rings (SSSR count). The third kappa shape index (κ3) is 25.1. The fraction of sp³-hybridized carbons (Fsp3) is 0.781. The summed E-state index contributed by atoms with van der Waals surface area (Å²) in [7, 11) is 2.50. The molecule has 252 valence electrons. The van der Waals surface area contributed by atoms with E-state index in [1.165, 1.54) is 42.5 Å². The van der Waals surface area contributed by atoms with Crippen molar-refractivity contribution in [2.75, 3.05) is 0 Å². The topological polar surface area (TPSA) is 150 Å². The predicted molar refractivity (Wildman–Crippen MR) is 167 cm³/mol. The maximum Gasteiger partial charge on any atom is 0.420 e. The first-order valence-corrected chi connectivity index (χ1v) is 13.7. The van der Waals surface area contributed by atoms with E-state index in [0.717, 1.165) is 0 Å². The standard InChI is InChI=1S/C17H29NO6.C13H22O4.2CH4/c1-11(19)9-10-13(12(2)20)18(14(21)23-16(3,4)5)15(22)24-17(6,7)8;1-9(14)6-7-11(10(2)15)8-12(16)17-13(3,4)5;;/h13H,9-10H2,1-8H3;11H,6-8H2,1-5H3;2*1H4/t13-;11-;;/m01../s1/i;;2*1T. The second-order valence-electron chi connectivity index (χ2n) is 13.0. The molecule has 0 N–H and O–H groups in total. The van der Waals surface area contributed by atoms with E-state index in [1.54, 1.807) is 62.3 Å². The zero-order chi connectivity index (χ0) is 36.9. The molecule has 0 fully saturated rings. The van der Waals surface area contributed by atoms with Crippen LogP contribution in [0.5, 0.6) is 0 Å². The van der Waals surface area contributed by atoms with Gasteiger partial charge in [-0.1, -0.05) is 14.8 Å². The van der Waals surface area contributed by atoms with Gasteiger partial charge in [-0.15, -0.1) is 0 Å². The third-order valence-corrected chi connectivity index (χ3v) is 4.98. The van der Waals surface area contributed by atoms with Crippen LogP contribution in [0.2, 0.25) is 0 Å². The minimum absolute atomic E-state index is 0.0282. The molecule has 0 radical (unpaired) electrons. The molecule has 2 atom stereocenters. The van der Waals surface area contributed by atoms with Gasteiger partial charge in [0.2, 0.25) is 0 Å². The predicted octanol–water partition coefficient (Wildman–Crippen LogP) is 7.05. The van der Waals surface area contributed by atoms with Crippen LogP contribution in [0, 0.1) is 5.92 Å². The highest BCUT2D eigenvalue weighted by atomic mass is 16.6.